The molecule has 8 heteroatoms. The zero-order valence-electron chi connectivity index (χ0n) is 14.6. The number of rotatable bonds is 5. The lowest BCUT2D eigenvalue weighted by Crippen LogP contribution is -2.38. The number of amides is 1. The van der Waals surface area contributed by atoms with Crippen molar-refractivity contribution in [2.75, 3.05) is 45.1 Å². The monoisotopic (exact) mass is 353 g/mol. The number of likely N-dealkylation sites (tertiary alicyclic amines) is 1. The first kappa shape index (κ1) is 17.7. The maximum Gasteiger partial charge on any atom is 0.233 e. The van der Waals surface area contributed by atoms with Crippen LogP contribution >= 0.6 is 11.8 Å². The maximum absolute atomic E-state index is 12.3. The predicted molar refractivity (Wildman–Crippen MR) is 92.8 cm³/mol. The molecule has 0 N–H and O–H groups in total. The van der Waals surface area contributed by atoms with Crippen molar-refractivity contribution in [3.63, 3.8) is 0 Å². The number of morpholine rings is 1. The van der Waals surface area contributed by atoms with Gasteiger partial charge in [0.05, 0.1) is 25.5 Å². The summed E-state index contributed by atoms with van der Waals surface area (Å²) in [7, 11) is 1.98. The average Bonchev–Trinajstić information content (AvgIpc) is 2.94. The van der Waals surface area contributed by atoms with Gasteiger partial charge in [0, 0.05) is 33.2 Å². The van der Waals surface area contributed by atoms with E-state index in [1.54, 1.807) is 0 Å². The van der Waals surface area contributed by atoms with Gasteiger partial charge in [-0.1, -0.05) is 18.7 Å². The van der Waals surface area contributed by atoms with Crippen LogP contribution in [0.25, 0.3) is 0 Å². The minimum Gasteiger partial charge on any atom is -0.379 e. The van der Waals surface area contributed by atoms with Crippen molar-refractivity contribution < 1.29 is 9.53 Å². The maximum atomic E-state index is 12.3. The highest BCUT2D eigenvalue weighted by Gasteiger charge is 2.21. The molecule has 3 heterocycles. The summed E-state index contributed by atoms with van der Waals surface area (Å²) in [6, 6.07) is 0. The summed E-state index contributed by atoms with van der Waals surface area (Å²) in [6.07, 6.45) is 2.23. The van der Waals surface area contributed by atoms with Crippen LogP contribution in [0.5, 0.6) is 0 Å². The molecule has 0 atom stereocenters. The van der Waals surface area contributed by atoms with Crippen molar-refractivity contribution in [1.29, 1.82) is 0 Å². The fourth-order valence-corrected chi connectivity index (χ4v) is 3.88. The number of hydrogen-bond donors (Lipinski definition) is 0. The molecule has 2 aliphatic heterocycles. The summed E-state index contributed by atoms with van der Waals surface area (Å²) in [4.78, 5) is 16.6. The van der Waals surface area contributed by atoms with Crippen molar-refractivity contribution >= 4 is 17.7 Å². The first-order chi connectivity index (χ1) is 11.6. The van der Waals surface area contributed by atoms with Gasteiger partial charge in [-0.25, -0.2) is 0 Å². The Morgan fingerprint density at radius 3 is 2.62 bits per heavy atom. The topological polar surface area (TPSA) is 63.5 Å². The third-order valence-electron chi connectivity index (χ3n) is 4.85. The Balaban J connectivity index is 1.49. The number of hydrogen-bond acceptors (Lipinski definition) is 6. The van der Waals surface area contributed by atoms with E-state index in [0.29, 0.717) is 5.75 Å². The second kappa shape index (κ2) is 8.31. The first-order valence-corrected chi connectivity index (χ1v) is 9.71. The van der Waals surface area contributed by atoms with E-state index in [1.807, 2.05) is 16.5 Å². The van der Waals surface area contributed by atoms with Gasteiger partial charge in [0.15, 0.2) is 5.16 Å². The molecule has 1 amide bonds. The molecule has 134 valence electrons. The zero-order valence-corrected chi connectivity index (χ0v) is 15.4. The van der Waals surface area contributed by atoms with Crippen LogP contribution < -0.4 is 0 Å². The van der Waals surface area contributed by atoms with E-state index in [4.69, 9.17) is 4.74 Å². The Morgan fingerprint density at radius 1 is 1.21 bits per heavy atom. The van der Waals surface area contributed by atoms with Gasteiger partial charge in [0.2, 0.25) is 5.91 Å². The summed E-state index contributed by atoms with van der Waals surface area (Å²) in [5.74, 6) is 2.34. The highest BCUT2D eigenvalue weighted by molar-refractivity contribution is 7.99. The van der Waals surface area contributed by atoms with E-state index in [-0.39, 0.29) is 5.91 Å². The van der Waals surface area contributed by atoms with Gasteiger partial charge in [-0.05, 0) is 18.8 Å². The molecule has 0 spiro atoms. The Hall–Kier alpha value is -1.12. The number of aromatic nitrogens is 3. The minimum absolute atomic E-state index is 0.213. The molecular weight excluding hydrogens is 326 g/mol. The van der Waals surface area contributed by atoms with Gasteiger partial charge >= 0.3 is 0 Å². The highest BCUT2D eigenvalue weighted by atomic mass is 32.2. The molecule has 24 heavy (non-hydrogen) atoms. The fourth-order valence-electron chi connectivity index (χ4n) is 3.04. The second-order valence-electron chi connectivity index (χ2n) is 6.70. The predicted octanol–water partition coefficient (Wildman–Crippen LogP) is 0.998. The molecule has 2 aliphatic rings. The van der Waals surface area contributed by atoms with Gasteiger partial charge in [0.25, 0.3) is 0 Å². The van der Waals surface area contributed by atoms with E-state index < -0.39 is 0 Å². The van der Waals surface area contributed by atoms with Crippen LogP contribution in [-0.4, -0.2) is 75.6 Å². The van der Waals surface area contributed by atoms with Crippen LogP contribution in [0.15, 0.2) is 5.16 Å². The molecule has 3 rings (SSSR count). The summed E-state index contributed by atoms with van der Waals surface area (Å²) in [5.41, 5.74) is 0. The fraction of sp³-hybridized carbons (Fsp3) is 0.812. The van der Waals surface area contributed by atoms with Crippen molar-refractivity contribution in [3.8, 4) is 0 Å². The van der Waals surface area contributed by atoms with Gasteiger partial charge in [-0.15, -0.1) is 10.2 Å². The highest BCUT2D eigenvalue weighted by Crippen LogP contribution is 2.20. The second-order valence-corrected chi connectivity index (χ2v) is 7.64. The van der Waals surface area contributed by atoms with Crippen LogP contribution in [0.2, 0.25) is 0 Å². The Labute approximate surface area is 147 Å². The molecule has 2 saturated heterocycles. The summed E-state index contributed by atoms with van der Waals surface area (Å²) >= 11 is 1.49. The number of carbonyl (C=O) groups is 1. The lowest BCUT2D eigenvalue weighted by molar-refractivity contribution is -0.129. The molecule has 2 fully saturated rings. The minimum atomic E-state index is 0.213. The summed E-state index contributed by atoms with van der Waals surface area (Å²) in [5, 5.41) is 9.37. The lowest BCUT2D eigenvalue weighted by Gasteiger charge is -2.30. The Morgan fingerprint density at radius 2 is 1.92 bits per heavy atom. The van der Waals surface area contributed by atoms with E-state index in [2.05, 4.69) is 22.0 Å². The molecule has 7 nitrogen and oxygen atoms in total. The van der Waals surface area contributed by atoms with Crippen molar-refractivity contribution in [1.82, 2.24) is 24.6 Å². The third kappa shape index (κ3) is 4.49. The number of carbonyl (C=O) groups excluding carboxylic acids is 1. The van der Waals surface area contributed by atoms with Gasteiger partial charge in [-0.3, -0.25) is 9.69 Å². The molecule has 1 aromatic rings. The summed E-state index contributed by atoms with van der Waals surface area (Å²) < 4.78 is 7.38. The van der Waals surface area contributed by atoms with E-state index >= 15 is 0 Å². The SMILES string of the molecule is CC1CCN(C(=O)CSc2nnc(CN3CCOCC3)n2C)CC1. The van der Waals surface area contributed by atoms with E-state index in [9.17, 15) is 4.79 Å². The average molecular weight is 353 g/mol. The number of piperidine rings is 1. The number of ether oxygens (including phenoxy) is 1. The lowest BCUT2D eigenvalue weighted by atomic mass is 9.99. The number of nitrogens with zero attached hydrogens (tertiary/aromatic N) is 5. The van der Waals surface area contributed by atoms with Crippen LogP contribution in [-0.2, 0) is 23.1 Å². The van der Waals surface area contributed by atoms with Gasteiger partial charge in [0.1, 0.15) is 5.82 Å². The van der Waals surface area contributed by atoms with E-state index in [0.717, 1.165) is 75.7 Å². The quantitative estimate of drug-likeness (QED) is 0.736. The normalized spacial score (nSPS) is 20.5. The molecule has 1 aromatic heterocycles. The molecule has 0 aromatic carbocycles. The molecule has 0 radical (unpaired) electrons. The molecule has 0 saturated carbocycles. The van der Waals surface area contributed by atoms with Gasteiger partial charge in [-0.2, -0.15) is 0 Å². The largest absolute Gasteiger partial charge is 0.379 e. The molecule has 0 bridgehead atoms. The van der Waals surface area contributed by atoms with Crippen molar-refractivity contribution in [2.24, 2.45) is 13.0 Å². The van der Waals surface area contributed by atoms with Crippen molar-refractivity contribution in [3.05, 3.63) is 5.82 Å². The number of thioether (sulfide) groups is 1. The Kier molecular flexibility index (Phi) is 6.13. The van der Waals surface area contributed by atoms with Gasteiger partial charge < -0.3 is 14.2 Å². The third-order valence-corrected chi connectivity index (χ3v) is 5.86. The zero-order chi connectivity index (χ0) is 16.9. The van der Waals surface area contributed by atoms with Crippen LogP contribution in [0.1, 0.15) is 25.6 Å². The molecule has 0 aliphatic carbocycles. The molecular formula is C16H27N5O2S. The van der Waals surface area contributed by atoms with Crippen LogP contribution in [0.3, 0.4) is 0 Å². The van der Waals surface area contributed by atoms with E-state index in [1.165, 1.54) is 11.8 Å². The van der Waals surface area contributed by atoms with Crippen LogP contribution in [0, 0.1) is 5.92 Å². The summed E-state index contributed by atoms with van der Waals surface area (Å²) in [6.45, 7) is 8.24. The van der Waals surface area contributed by atoms with Crippen LogP contribution in [0.4, 0.5) is 0 Å². The van der Waals surface area contributed by atoms with Crippen molar-refractivity contribution in [2.45, 2.75) is 31.5 Å². The molecule has 0 unspecified atom stereocenters. The first-order valence-electron chi connectivity index (χ1n) is 8.72. The smallest absolute Gasteiger partial charge is 0.233 e. The Bertz CT molecular complexity index is 551. The standard InChI is InChI=1S/C16H27N5O2S/c1-13-3-5-21(6-4-13)15(22)12-24-16-18-17-14(19(16)2)11-20-7-9-23-10-8-20/h13H,3-12H2,1-2H3.